The van der Waals surface area contributed by atoms with E-state index >= 15 is 0 Å². The van der Waals surface area contributed by atoms with Crippen molar-refractivity contribution in [3.63, 3.8) is 0 Å². The van der Waals surface area contributed by atoms with Crippen molar-refractivity contribution in [3.8, 4) is 0 Å². The highest BCUT2D eigenvalue weighted by Gasteiger charge is 2.27. The number of carbonyl (C=O) groups excluding carboxylic acids is 1. The minimum atomic E-state index is -3.70. The minimum absolute atomic E-state index is 0.177. The molecule has 0 saturated carbocycles. The predicted octanol–water partition coefficient (Wildman–Crippen LogP) is 2.62. The molecule has 0 saturated heterocycles. The molecular weight excluding hydrogens is 350 g/mol. The number of amides is 1. The molecule has 1 unspecified atom stereocenters. The maximum absolute atomic E-state index is 12.5. The molecule has 140 valence electrons. The summed E-state index contributed by atoms with van der Waals surface area (Å²) < 4.78 is 27.6. The van der Waals surface area contributed by atoms with Gasteiger partial charge in [0.1, 0.15) is 0 Å². The first-order chi connectivity index (χ1) is 12.3. The maximum atomic E-state index is 12.5. The minimum Gasteiger partial charge on any atom is -0.350 e. The number of nitrogens with one attached hydrogen (secondary N) is 2. The normalized spacial score (nSPS) is 13.7. The standard InChI is InChI=1S/C19H25N3O3S/c1-3-13-19(2,20)18(23)21-14-15-9-7-8-12-17(15)22-26(24,25)16-10-5-4-6-11-16/h4-12,22H,3,13-14,20H2,1-2H3,(H,21,23). The molecule has 0 aliphatic carbocycles. The van der Waals surface area contributed by atoms with Gasteiger partial charge in [0, 0.05) is 6.54 Å². The summed E-state index contributed by atoms with van der Waals surface area (Å²) >= 11 is 0. The van der Waals surface area contributed by atoms with E-state index < -0.39 is 15.6 Å². The zero-order valence-corrected chi connectivity index (χ0v) is 15.8. The van der Waals surface area contributed by atoms with Crippen LogP contribution in [0.2, 0.25) is 0 Å². The van der Waals surface area contributed by atoms with E-state index in [4.69, 9.17) is 5.73 Å². The van der Waals surface area contributed by atoms with Gasteiger partial charge in [0.05, 0.1) is 16.1 Å². The lowest BCUT2D eigenvalue weighted by atomic mass is 9.96. The molecular formula is C19H25N3O3S. The van der Waals surface area contributed by atoms with Crippen molar-refractivity contribution < 1.29 is 13.2 Å². The molecule has 0 fully saturated rings. The molecule has 6 nitrogen and oxygen atoms in total. The van der Waals surface area contributed by atoms with Crippen molar-refractivity contribution in [3.05, 3.63) is 60.2 Å². The highest BCUT2D eigenvalue weighted by atomic mass is 32.2. The number of hydrogen-bond donors (Lipinski definition) is 3. The summed E-state index contributed by atoms with van der Waals surface area (Å²) in [6, 6.07) is 15.1. The molecule has 0 spiro atoms. The number of rotatable bonds is 8. The number of anilines is 1. The van der Waals surface area contributed by atoms with Gasteiger partial charge < -0.3 is 11.1 Å². The first-order valence-corrected chi connectivity index (χ1v) is 9.97. The molecule has 0 aliphatic heterocycles. The van der Waals surface area contributed by atoms with E-state index in [-0.39, 0.29) is 17.3 Å². The van der Waals surface area contributed by atoms with Crippen LogP contribution in [-0.4, -0.2) is 19.9 Å². The second-order valence-electron chi connectivity index (χ2n) is 6.43. The summed E-state index contributed by atoms with van der Waals surface area (Å²) in [5, 5.41) is 2.79. The number of nitrogens with two attached hydrogens (primary N) is 1. The molecule has 0 aromatic heterocycles. The number of para-hydroxylation sites is 1. The summed E-state index contributed by atoms with van der Waals surface area (Å²) in [4.78, 5) is 12.4. The Hall–Kier alpha value is -2.38. The van der Waals surface area contributed by atoms with Gasteiger partial charge in [0.25, 0.3) is 10.0 Å². The average molecular weight is 375 g/mol. The lowest BCUT2D eigenvalue weighted by Gasteiger charge is -2.23. The highest BCUT2D eigenvalue weighted by molar-refractivity contribution is 7.92. The molecule has 2 aromatic carbocycles. The van der Waals surface area contributed by atoms with Crippen LogP contribution < -0.4 is 15.8 Å². The first-order valence-electron chi connectivity index (χ1n) is 8.49. The molecule has 1 amide bonds. The quantitative estimate of drug-likeness (QED) is 0.660. The third-order valence-corrected chi connectivity index (χ3v) is 5.42. The Labute approximate surface area is 154 Å². The molecule has 2 rings (SSSR count). The van der Waals surface area contributed by atoms with Crippen LogP contribution in [0, 0.1) is 0 Å². The van der Waals surface area contributed by atoms with Crippen LogP contribution in [0.4, 0.5) is 5.69 Å². The van der Waals surface area contributed by atoms with Gasteiger partial charge in [-0.1, -0.05) is 49.7 Å². The molecule has 7 heteroatoms. The molecule has 2 aromatic rings. The zero-order valence-electron chi connectivity index (χ0n) is 15.0. The van der Waals surface area contributed by atoms with Crippen LogP contribution in [0.5, 0.6) is 0 Å². The van der Waals surface area contributed by atoms with Crippen LogP contribution in [0.3, 0.4) is 0 Å². The van der Waals surface area contributed by atoms with Crippen LogP contribution >= 0.6 is 0 Å². The second kappa shape index (κ2) is 8.33. The molecule has 0 bridgehead atoms. The van der Waals surface area contributed by atoms with Crippen LogP contribution in [0.15, 0.2) is 59.5 Å². The molecule has 0 aliphatic rings. The average Bonchev–Trinajstić information content (AvgIpc) is 2.61. The van der Waals surface area contributed by atoms with Crippen molar-refractivity contribution in [1.82, 2.24) is 5.32 Å². The van der Waals surface area contributed by atoms with Gasteiger partial charge in [-0.3, -0.25) is 9.52 Å². The van der Waals surface area contributed by atoms with Crippen molar-refractivity contribution in [1.29, 1.82) is 0 Å². The Bertz CT molecular complexity index is 849. The third-order valence-electron chi connectivity index (χ3n) is 4.04. The fraction of sp³-hybridized carbons (Fsp3) is 0.316. The van der Waals surface area contributed by atoms with Crippen LogP contribution in [0.1, 0.15) is 32.3 Å². The highest BCUT2D eigenvalue weighted by Crippen LogP contribution is 2.20. The Morgan fingerprint density at radius 3 is 2.35 bits per heavy atom. The predicted molar refractivity (Wildman–Crippen MR) is 103 cm³/mol. The molecule has 4 N–H and O–H groups in total. The van der Waals surface area contributed by atoms with Crippen molar-refractivity contribution in [2.24, 2.45) is 5.73 Å². The fourth-order valence-corrected chi connectivity index (χ4v) is 3.71. The molecule has 26 heavy (non-hydrogen) atoms. The second-order valence-corrected chi connectivity index (χ2v) is 8.11. The number of sulfonamides is 1. The van der Waals surface area contributed by atoms with Gasteiger partial charge in [-0.15, -0.1) is 0 Å². The smallest absolute Gasteiger partial charge is 0.261 e. The van der Waals surface area contributed by atoms with E-state index in [9.17, 15) is 13.2 Å². The van der Waals surface area contributed by atoms with E-state index in [0.717, 1.165) is 6.42 Å². The molecule has 0 heterocycles. The molecule has 0 radical (unpaired) electrons. The SMILES string of the molecule is CCCC(C)(N)C(=O)NCc1ccccc1NS(=O)(=O)c1ccccc1. The van der Waals surface area contributed by atoms with E-state index in [1.807, 2.05) is 6.92 Å². The Kier molecular flexibility index (Phi) is 6.39. The van der Waals surface area contributed by atoms with Crippen LogP contribution in [0.25, 0.3) is 0 Å². The van der Waals surface area contributed by atoms with E-state index in [2.05, 4.69) is 10.0 Å². The van der Waals surface area contributed by atoms with Crippen molar-refractivity contribution in [2.45, 2.75) is 43.7 Å². The van der Waals surface area contributed by atoms with Gasteiger partial charge in [0.15, 0.2) is 0 Å². The summed E-state index contributed by atoms with van der Waals surface area (Å²) in [5.74, 6) is -0.264. The number of hydrogen-bond acceptors (Lipinski definition) is 4. The lowest BCUT2D eigenvalue weighted by molar-refractivity contribution is -0.126. The van der Waals surface area contributed by atoms with E-state index in [1.54, 1.807) is 49.4 Å². The van der Waals surface area contributed by atoms with Gasteiger partial charge in [-0.2, -0.15) is 0 Å². The topological polar surface area (TPSA) is 101 Å². The number of benzene rings is 2. The van der Waals surface area contributed by atoms with Crippen molar-refractivity contribution >= 4 is 21.6 Å². The van der Waals surface area contributed by atoms with E-state index in [1.165, 1.54) is 12.1 Å². The third kappa shape index (κ3) is 5.06. The maximum Gasteiger partial charge on any atom is 0.261 e. The largest absolute Gasteiger partial charge is 0.350 e. The summed E-state index contributed by atoms with van der Waals surface area (Å²) in [5.41, 5.74) is 6.16. The molecule has 1 atom stereocenters. The first kappa shape index (κ1) is 19.9. The summed E-state index contributed by atoms with van der Waals surface area (Å²) in [6.07, 6.45) is 1.37. The van der Waals surface area contributed by atoms with E-state index in [0.29, 0.717) is 17.7 Å². The van der Waals surface area contributed by atoms with Gasteiger partial charge >= 0.3 is 0 Å². The van der Waals surface area contributed by atoms with Crippen LogP contribution in [-0.2, 0) is 21.4 Å². The monoisotopic (exact) mass is 375 g/mol. The number of carbonyl (C=O) groups is 1. The Balaban J connectivity index is 2.15. The Morgan fingerprint density at radius 1 is 1.08 bits per heavy atom. The van der Waals surface area contributed by atoms with Gasteiger partial charge in [0.2, 0.25) is 5.91 Å². The van der Waals surface area contributed by atoms with Crippen molar-refractivity contribution in [2.75, 3.05) is 4.72 Å². The summed E-state index contributed by atoms with van der Waals surface area (Å²) in [7, 11) is -3.70. The Morgan fingerprint density at radius 2 is 1.69 bits per heavy atom. The lowest BCUT2D eigenvalue weighted by Crippen LogP contribution is -2.51. The van der Waals surface area contributed by atoms with Gasteiger partial charge in [-0.25, -0.2) is 8.42 Å². The summed E-state index contributed by atoms with van der Waals surface area (Å²) in [6.45, 7) is 3.84. The fourth-order valence-electron chi connectivity index (χ4n) is 2.59. The van der Waals surface area contributed by atoms with Gasteiger partial charge in [-0.05, 0) is 37.1 Å². The zero-order chi connectivity index (χ0) is 19.2.